The van der Waals surface area contributed by atoms with Gasteiger partial charge in [-0.1, -0.05) is 0 Å². The molecule has 0 radical (unpaired) electrons. The summed E-state index contributed by atoms with van der Waals surface area (Å²) in [6.45, 7) is -3.10. The van der Waals surface area contributed by atoms with Crippen LogP contribution in [0.3, 0.4) is 0 Å². The van der Waals surface area contributed by atoms with Crippen LogP contribution in [-0.4, -0.2) is 111 Å². The standard InChI is InChI=1S/C17H15F21N2O4S/c1-40(2,6-7(41)42)5-3-4-39-45(43,44)17(37,38)15(32,33)13(28,29)11(24,25)9(20,21)8(18,19)10(22,23)12(26,27)14(30,31)16(34,35)36/h39H,3-6H2,1-2H3. The Labute approximate surface area is 235 Å². The Morgan fingerprint density at radius 1 is 0.578 bits per heavy atom. The quantitative estimate of drug-likeness (QED) is 0.145. The van der Waals surface area contributed by atoms with Gasteiger partial charge >= 0.3 is 58.8 Å². The van der Waals surface area contributed by atoms with Crippen LogP contribution >= 0.6 is 0 Å². The van der Waals surface area contributed by atoms with Crippen molar-refractivity contribution >= 4 is 16.0 Å². The van der Waals surface area contributed by atoms with Crippen molar-refractivity contribution in [1.29, 1.82) is 0 Å². The lowest BCUT2D eigenvalue weighted by atomic mass is 9.87. The number of quaternary nitrogens is 1. The molecule has 0 aromatic carbocycles. The number of carboxylic acids is 1. The van der Waals surface area contributed by atoms with Gasteiger partial charge in [-0.15, -0.1) is 0 Å². The number of nitrogens with zero attached hydrogens (tertiary/aromatic N) is 1. The Bertz CT molecular complexity index is 1200. The van der Waals surface area contributed by atoms with Crippen molar-refractivity contribution in [2.45, 2.75) is 65.2 Å². The van der Waals surface area contributed by atoms with E-state index in [2.05, 4.69) is 0 Å². The van der Waals surface area contributed by atoms with Gasteiger partial charge in [0.05, 0.1) is 26.6 Å². The molecule has 0 aliphatic rings. The van der Waals surface area contributed by atoms with Crippen LogP contribution in [0.15, 0.2) is 0 Å². The van der Waals surface area contributed by atoms with Gasteiger partial charge in [-0.25, -0.2) is 13.1 Å². The fourth-order valence-electron chi connectivity index (χ4n) is 2.95. The van der Waals surface area contributed by atoms with Gasteiger partial charge in [0.2, 0.25) is 0 Å². The van der Waals surface area contributed by atoms with Crippen LogP contribution in [0.5, 0.6) is 0 Å². The van der Waals surface area contributed by atoms with Crippen molar-refractivity contribution < 1.29 is 115 Å². The zero-order valence-electron chi connectivity index (χ0n) is 21.3. The molecule has 0 unspecified atom stereocenters. The van der Waals surface area contributed by atoms with Gasteiger partial charge in [0, 0.05) is 13.0 Å². The summed E-state index contributed by atoms with van der Waals surface area (Å²) in [5.74, 6) is -74.3. The number of halogens is 21. The highest BCUT2D eigenvalue weighted by molar-refractivity contribution is 7.90. The first kappa shape index (κ1) is 42.9. The molecule has 0 aliphatic carbocycles. The number of alkyl halides is 21. The molecular weight excluding hydrogens is 727 g/mol. The van der Waals surface area contributed by atoms with Gasteiger partial charge in [-0.05, 0) is 0 Å². The van der Waals surface area contributed by atoms with Gasteiger partial charge in [-0.3, -0.25) is 0 Å². The van der Waals surface area contributed by atoms with Crippen molar-refractivity contribution in [3.8, 4) is 0 Å². The number of hydrogen-bond donors (Lipinski definition) is 1. The summed E-state index contributed by atoms with van der Waals surface area (Å²) in [5.41, 5.74) is 0. The molecule has 0 amide bonds. The number of likely N-dealkylation sites (N-methyl/N-ethyl adjacent to an activating group) is 1. The number of carboxylic acid groups (broad SMARTS) is 1. The molecule has 0 heterocycles. The zero-order chi connectivity index (χ0) is 37.1. The number of nitrogens with one attached hydrogen (secondary N) is 1. The number of carbonyl (C=O) groups excluding carboxylic acids is 1. The molecule has 6 nitrogen and oxygen atoms in total. The van der Waals surface area contributed by atoms with Gasteiger partial charge in [0.15, 0.2) is 0 Å². The molecule has 0 aromatic heterocycles. The van der Waals surface area contributed by atoms with Crippen LogP contribution < -0.4 is 9.83 Å². The monoisotopic (exact) mass is 742 g/mol. The van der Waals surface area contributed by atoms with E-state index in [0.29, 0.717) is 4.72 Å². The molecule has 0 bridgehead atoms. The number of carbonyl (C=O) groups is 1. The minimum absolute atomic E-state index is 0.345. The third-order valence-corrected chi connectivity index (χ3v) is 7.12. The summed E-state index contributed by atoms with van der Waals surface area (Å²) in [4.78, 5) is 10.5. The Hall–Kier alpha value is -2.13. The van der Waals surface area contributed by atoms with Crippen LogP contribution in [-0.2, 0) is 14.8 Å². The smallest absolute Gasteiger partial charge is 0.460 e. The molecule has 0 saturated heterocycles. The number of rotatable bonds is 16. The fraction of sp³-hybridized carbons (Fsp3) is 0.941. The molecule has 0 rings (SSSR count). The molecular formula is C17H15F21N2O4S. The maximum absolute atomic E-state index is 14.0. The Morgan fingerprint density at radius 2 is 0.867 bits per heavy atom. The number of aliphatic carboxylic acids is 1. The lowest BCUT2D eigenvalue weighted by Crippen LogP contribution is -2.77. The topological polar surface area (TPSA) is 86.3 Å². The lowest BCUT2D eigenvalue weighted by Gasteiger charge is -2.44. The Balaban J connectivity index is 6.76. The van der Waals surface area contributed by atoms with Crippen LogP contribution in [0.25, 0.3) is 0 Å². The fourth-order valence-corrected chi connectivity index (χ4v) is 4.01. The van der Waals surface area contributed by atoms with Gasteiger partial charge < -0.3 is 14.4 Å². The minimum Gasteiger partial charge on any atom is -0.544 e. The van der Waals surface area contributed by atoms with Crippen molar-refractivity contribution in [2.24, 2.45) is 0 Å². The predicted octanol–water partition coefficient (Wildman–Crippen LogP) is 4.36. The van der Waals surface area contributed by atoms with E-state index in [0.717, 1.165) is 14.1 Å². The average molecular weight is 742 g/mol. The highest BCUT2D eigenvalue weighted by Gasteiger charge is 2.98. The van der Waals surface area contributed by atoms with Crippen LogP contribution in [0.4, 0.5) is 92.2 Å². The van der Waals surface area contributed by atoms with E-state index in [1.54, 1.807) is 0 Å². The van der Waals surface area contributed by atoms with E-state index in [9.17, 15) is 111 Å². The normalized spacial score (nSPS) is 16.2. The van der Waals surface area contributed by atoms with E-state index in [-0.39, 0.29) is 0 Å². The molecule has 0 spiro atoms. The molecule has 28 heteroatoms. The predicted molar refractivity (Wildman–Crippen MR) is 99.0 cm³/mol. The molecule has 0 aliphatic heterocycles. The van der Waals surface area contributed by atoms with E-state index in [4.69, 9.17) is 0 Å². The second-order valence-corrected chi connectivity index (χ2v) is 11.4. The molecule has 0 fully saturated rings. The molecule has 270 valence electrons. The van der Waals surface area contributed by atoms with Crippen LogP contribution in [0, 0.1) is 0 Å². The summed E-state index contributed by atoms with van der Waals surface area (Å²) in [5, 5.41) is 2.68. The SMILES string of the molecule is C[N+](C)(CCCNS(=O)(=O)C(F)(F)C(F)(F)C(F)(F)C(F)(F)C(F)(F)C(F)(F)C(F)(F)C(F)(F)C(F)(F)C(F)(F)F)CC(=O)[O-]. The summed E-state index contributed by atoms with van der Waals surface area (Å²) in [7, 11) is -5.50. The lowest BCUT2D eigenvalue weighted by molar-refractivity contribution is -0.884. The highest BCUT2D eigenvalue weighted by atomic mass is 32.2. The molecule has 1 N–H and O–H groups in total. The van der Waals surface area contributed by atoms with Crippen molar-refractivity contribution in [1.82, 2.24) is 4.72 Å². The van der Waals surface area contributed by atoms with E-state index < -0.39 is 105 Å². The van der Waals surface area contributed by atoms with Crippen LogP contribution in [0.2, 0.25) is 0 Å². The molecule has 0 aromatic rings. The largest absolute Gasteiger partial charge is 0.544 e. The van der Waals surface area contributed by atoms with E-state index in [1.807, 2.05) is 0 Å². The second-order valence-electron chi connectivity index (χ2n) is 9.55. The minimum atomic E-state index is -9.39. The highest BCUT2D eigenvalue weighted by Crippen LogP contribution is 2.66. The molecule has 45 heavy (non-hydrogen) atoms. The van der Waals surface area contributed by atoms with Gasteiger partial charge in [0.25, 0.3) is 10.0 Å². The molecule has 0 saturated carbocycles. The van der Waals surface area contributed by atoms with E-state index in [1.165, 1.54) is 0 Å². The second kappa shape index (κ2) is 11.5. The van der Waals surface area contributed by atoms with Crippen molar-refractivity contribution in [3.63, 3.8) is 0 Å². The average Bonchev–Trinajstić information content (AvgIpc) is 2.79. The van der Waals surface area contributed by atoms with Crippen molar-refractivity contribution in [2.75, 3.05) is 33.7 Å². The summed E-state index contributed by atoms with van der Waals surface area (Å²) in [6, 6.07) is 0. The van der Waals surface area contributed by atoms with Gasteiger partial charge in [0.1, 0.15) is 6.54 Å². The Kier molecular flexibility index (Phi) is 11.0. The third-order valence-electron chi connectivity index (χ3n) is 5.61. The number of sulfonamides is 1. The van der Waals surface area contributed by atoms with E-state index >= 15 is 0 Å². The van der Waals surface area contributed by atoms with Gasteiger partial charge in [-0.2, -0.15) is 92.2 Å². The maximum atomic E-state index is 14.0. The first-order valence-electron chi connectivity index (χ1n) is 10.6. The summed E-state index contributed by atoms with van der Waals surface area (Å²) >= 11 is 0. The summed E-state index contributed by atoms with van der Waals surface area (Å²) in [6.07, 6.45) is -9.00. The maximum Gasteiger partial charge on any atom is 0.460 e. The first-order valence-corrected chi connectivity index (χ1v) is 12.1. The third kappa shape index (κ3) is 6.41. The zero-order valence-corrected chi connectivity index (χ0v) is 22.1. The summed E-state index contributed by atoms with van der Waals surface area (Å²) < 4.78 is 304. The number of hydrogen-bond acceptors (Lipinski definition) is 4. The van der Waals surface area contributed by atoms with Crippen LogP contribution in [0.1, 0.15) is 6.42 Å². The van der Waals surface area contributed by atoms with Crippen molar-refractivity contribution in [3.05, 3.63) is 0 Å². The molecule has 0 atom stereocenters. The first-order chi connectivity index (χ1) is 19.1. The Morgan fingerprint density at radius 3 is 1.16 bits per heavy atom.